The highest BCUT2D eigenvalue weighted by Crippen LogP contribution is 2.22. The van der Waals surface area contributed by atoms with Crippen LogP contribution in [0.25, 0.3) is 11.0 Å². The van der Waals surface area contributed by atoms with Crippen LogP contribution < -0.4 is 0 Å². The Kier molecular flexibility index (Phi) is 2.35. The van der Waals surface area contributed by atoms with Crippen LogP contribution in [0.1, 0.15) is 26.5 Å². The number of fused-ring (bicyclic) bond motifs is 1. The van der Waals surface area contributed by atoms with Gasteiger partial charge in [0.15, 0.2) is 0 Å². The van der Waals surface area contributed by atoms with Gasteiger partial charge in [-0.05, 0) is 12.1 Å². The molecule has 3 heteroatoms. The van der Waals surface area contributed by atoms with Crippen molar-refractivity contribution in [1.82, 2.24) is 9.97 Å². The number of nitrogens with zero attached hydrogens (tertiary/aromatic N) is 1. The molecule has 0 aliphatic carbocycles. The molecule has 1 aromatic carbocycles. The molecule has 0 spiro atoms. The molecular formula is C12H14N2S. The van der Waals surface area contributed by atoms with Crippen LogP contribution in [0.4, 0.5) is 0 Å². The fourth-order valence-electron chi connectivity index (χ4n) is 1.54. The Morgan fingerprint density at radius 1 is 1.20 bits per heavy atom. The summed E-state index contributed by atoms with van der Waals surface area (Å²) in [6.07, 6.45) is 0. The minimum absolute atomic E-state index is 0.0163. The SMILES string of the molecule is CC(C)(C)c1nc2ccccc2[nH]c1=S. The number of rotatable bonds is 0. The predicted octanol–water partition coefficient (Wildman–Crippen LogP) is 3.59. The summed E-state index contributed by atoms with van der Waals surface area (Å²) in [4.78, 5) is 7.83. The number of benzene rings is 1. The van der Waals surface area contributed by atoms with Crippen molar-refractivity contribution in [3.63, 3.8) is 0 Å². The number of para-hydroxylation sites is 2. The van der Waals surface area contributed by atoms with E-state index in [4.69, 9.17) is 12.2 Å². The van der Waals surface area contributed by atoms with Gasteiger partial charge in [-0.25, -0.2) is 4.98 Å². The second-order valence-corrected chi connectivity index (χ2v) is 5.09. The molecule has 0 aliphatic heterocycles. The maximum absolute atomic E-state index is 5.31. The third kappa shape index (κ3) is 1.92. The van der Waals surface area contributed by atoms with E-state index in [9.17, 15) is 0 Å². The van der Waals surface area contributed by atoms with Gasteiger partial charge in [-0.1, -0.05) is 45.1 Å². The highest BCUT2D eigenvalue weighted by Gasteiger charge is 2.17. The average Bonchev–Trinajstić information content (AvgIpc) is 2.15. The number of hydrogen-bond acceptors (Lipinski definition) is 2. The maximum atomic E-state index is 5.31. The third-order valence-corrected chi connectivity index (χ3v) is 2.61. The highest BCUT2D eigenvalue weighted by atomic mass is 32.1. The number of nitrogens with one attached hydrogen (secondary N) is 1. The van der Waals surface area contributed by atoms with E-state index in [1.165, 1.54) is 0 Å². The van der Waals surface area contributed by atoms with Crippen molar-refractivity contribution in [2.75, 3.05) is 0 Å². The first-order valence-corrected chi connectivity index (χ1v) is 5.39. The van der Waals surface area contributed by atoms with Crippen molar-refractivity contribution in [2.24, 2.45) is 0 Å². The zero-order chi connectivity index (χ0) is 11.1. The third-order valence-electron chi connectivity index (χ3n) is 2.31. The number of aromatic nitrogens is 2. The summed E-state index contributed by atoms with van der Waals surface area (Å²) in [5, 5.41) is 0. The Labute approximate surface area is 94.4 Å². The van der Waals surface area contributed by atoms with Crippen LogP contribution in [0.5, 0.6) is 0 Å². The number of H-pyrrole nitrogens is 1. The van der Waals surface area contributed by atoms with Crippen LogP contribution in [0.15, 0.2) is 24.3 Å². The average molecular weight is 218 g/mol. The zero-order valence-electron chi connectivity index (χ0n) is 9.16. The van der Waals surface area contributed by atoms with E-state index in [-0.39, 0.29) is 5.41 Å². The molecule has 0 bridgehead atoms. The first-order chi connectivity index (χ1) is 6.98. The topological polar surface area (TPSA) is 28.7 Å². The summed E-state index contributed by atoms with van der Waals surface area (Å²) in [6.45, 7) is 6.36. The van der Waals surface area contributed by atoms with Gasteiger partial charge in [-0.3, -0.25) is 0 Å². The lowest BCUT2D eigenvalue weighted by atomic mass is 9.92. The quantitative estimate of drug-likeness (QED) is 0.684. The molecule has 0 fully saturated rings. The molecule has 2 nitrogen and oxygen atoms in total. The van der Waals surface area contributed by atoms with E-state index in [0.717, 1.165) is 21.4 Å². The van der Waals surface area contributed by atoms with E-state index in [1.54, 1.807) is 0 Å². The van der Waals surface area contributed by atoms with E-state index >= 15 is 0 Å². The molecule has 0 amide bonds. The summed E-state index contributed by atoms with van der Waals surface area (Å²) in [5.74, 6) is 0. The Hall–Kier alpha value is -1.22. The molecule has 1 aromatic heterocycles. The Balaban J connectivity index is 2.79. The molecule has 0 radical (unpaired) electrons. The molecule has 0 aliphatic rings. The second-order valence-electron chi connectivity index (χ2n) is 4.68. The summed E-state index contributed by atoms with van der Waals surface area (Å²) in [5.41, 5.74) is 2.90. The first-order valence-electron chi connectivity index (χ1n) is 4.98. The van der Waals surface area contributed by atoms with Gasteiger partial charge < -0.3 is 4.98 Å². The zero-order valence-corrected chi connectivity index (χ0v) is 9.98. The summed E-state index contributed by atoms with van der Waals surface area (Å²) in [7, 11) is 0. The van der Waals surface area contributed by atoms with Crippen LogP contribution in [0.2, 0.25) is 0 Å². The monoisotopic (exact) mass is 218 g/mol. The highest BCUT2D eigenvalue weighted by molar-refractivity contribution is 7.71. The van der Waals surface area contributed by atoms with E-state index in [0.29, 0.717) is 0 Å². The van der Waals surface area contributed by atoms with Gasteiger partial charge in [-0.15, -0.1) is 0 Å². The number of aromatic amines is 1. The van der Waals surface area contributed by atoms with Gasteiger partial charge in [0.2, 0.25) is 0 Å². The lowest BCUT2D eigenvalue weighted by molar-refractivity contribution is 0.566. The fraction of sp³-hybridized carbons (Fsp3) is 0.333. The minimum Gasteiger partial charge on any atom is -0.343 e. The molecule has 78 valence electrons. The molecule has 0 unspecified atom stereocenters. The van der Waals surface area contributed by atoms with Crippen molar-refractivity contribution in [1.29, 1.82) is 0 Å². The van der Waals surface area contributed by atoms with Crippen molar-refractivity contribution < 1.29 is 0 Å². The standard InChI is InChI=1S/C12H14N2S/c1-12(2,3)10-11(15)14-9-7-5-4-6-8(9)13-10/h4-7H,1-3H3,(H,14,15). The number of hydrogen-bond donors (Lipinski definition) is 1. The van der Waals surface area contributed by atoms with Crippen LogP contribution >= 0.6 is 12.2 Å². The molecular weight excluding hydrogens is 204 g/mol. The lowest BCUT2D eigenvalue weighted by Gasteiger charge is -2.17. The van der Waals surface area contributed by atoms with E-state index < -0.39 is 0 Å². The molecule has 1 N–H and O–H groups in total. The van der Waals surface area contributed by atoms with Crippen molar-refractivity contribution in [3.8, 4) is 0 Å². The van der Waals surface area contributed by atoms with Gasteiger partial charge in [0.25, 0.3) is 0 Å². The van der Waals surface area contributed by atoms with E-state index in [2.05, 4.69) is 30.7 Å². The molecule has 0 saturated heterocycles. The largest absolute Gasteiger partial charge is 0.343 e. The summed E-state index contributed by atoms with van der Waals surface area (Å²) < 4.78 is 0.737. The molecule has 1 heterocycles. The summed E-state index contributed by atoms with van der Waals surface area (Å²) >= 11 is 5.31. The molecule has 2 aromatic rings. The van der Waals surface area contributed by atoms with E-state index in [1.807, 2.05) is 24.3 Å². The molecule has 2 rings (SSSR count). The molecule has 0 atom stereocenters. The van der Waals surface area contributed by atoms with Crippen LogP contribution in [-0.4, -0.2) is 9.97 Å². The Morgan fingerprint density at radius 3 is 2.53 bits per heavy atom. The van der Waals surface area contributed by atoms with Crippen LogP contribution in [0.3, 0.4) is 0 Å². The van der Waals surface area contributed by atoms with Crippen LogP contribution in [-0.2, 0) is 5.41 Å². The summed E-state index contributed by atoms with van der Waals surface area (Å²) in [6, 6.07) is 7.95. The van der Waals surface area contributed by atoms with Gasteiger partial charge >= 0.3 is 0 Å². The first kappa shape index (κ1) is 10.3. The van der Waals surface area contributed by atoms with Gasteiger partial charge in [0.05, 0.1) is 16.7 Å². The van der Waals surface area contributed by atoms with Crippen molar-refractivity contribution in [3.05, 3.63) is 34.6 Å². The Morgan fingerprint density at radius 2 is 1.87 bits per heavy atom. The van der Waals surface area contributed by atoms with Gasteiger partial charge in [-0.2, -0.15) is 0 Å². The molecule has 0 saturated carbocycles. The molecule has 15 heavy (non-hydrogen) atoms. The van der Waals surface area contributed by atoms with Crippen molar-refractivity contribution in [2.45, 2.75) is 26.2 Å². The van der Waals surface area contributed by atoms with Crippen molar-refractivity contribution >= 4 is 23.3 Å². The lowest BCUT2D eigenvalue weighted by Crippen LogP contribution is -2.15. The smallest absolute Gasteiger partial charge is 0.126 e. The normalized spacial score (nSPS) is 11.9. The maximum Gasteiger partial charge on any atom is 0.126 e. The minimum atomic E-state index is -0.0163. The second kappa shape index (κ2) is 3.42. The van der Waals surface area contributed by atoms with Gasteiger partial charge in [0.1, 0.15) is 4.64 Å². The predicted molar refractivity (Wildman–Crippen MR) is 65.6 cm³/mol. The van der Waals surface area contributed by atoms with Crippen LogP contribution in [0, 0.1) is 4.64 Å². The Bertz CT molecular complexity index is 549. The van der Waals surface area contributed by atoms with Gasteiger partial charge in [0, 0.05) is 5.41 Å². The fourth-order valence-corrected chi connectivity index (χ4v) is 2.00.